The molecule has 0 N–H and O–H groups in total. The first-order valence-electron chi connectivity index (χ1n) is 7.78. The van der Waals surface area contributed by atoms with Crippen molar-refractivity contribution in [3.8, 4) is 0 Å². The molecule has 2 saturated heterocycles. The van der Waals surface area contributed by atoms with Crippen molar-refractivity contribution in [3.05, 3.63) is 0 Å². The minimum Gasteiger partial charge on any atom is -0.298 e. The molecule has 0 spiro atoms. The SMILES string of the molecule is CSCCCCCN1CC2CCCCN2CC1C. The van der Waals surface area contributed by atoms with Gasteiger partial charge in [0.15, 0.2) is 0 Å². The zero-order chi connectivity index (χ0) is 12.8. The maximum absolute atomic E-state index is 2.76. The standard InChI is InChI=1S/C15H30N2S/c1-14-12-17-10-6-4-8-15(17)13-16(14)9-5-3-7-11-18-2/h14-15H,3-13H2,1-2H3. The van der Waals surface area contributed by atoms with Crippen LogP contribution in [0.1, 0.15) is 45.4 Å². The van der Waals surface area contributed by atoms with Crippen molar-refractivity contribution in [3.63, 3.8) is 0 Å². The molecule has 0 radical (unpaired) electrons. The number of piperidine rings is 1. The maximum Gasteiger partial charge on any atom is 0.0223 e. The molecule has 2 fully saturated rings. The lowest BCUT2D eigenvalue weighted by atomic mass is 9.97. The highest BCUT2D eigenvalue weighted by molar-refractivity contribution is 7.98. The van der Waals surface area contributed by atoms with Crippen molar-refractivity contribution in [2.45, 2.75) is 57.5 Å². The Hall–Kier alpha value is 0.270. The molecule has 0 aromatic rings. The Bertz CT molecular complexity index is 235. The summed E-state index contributed by atoms with van der Waals surface area (Å²) < 4.78 is 0. The molecule has 106 valence electrons. The molecule has 0 bridgehead atoms. The Morgan fingerprint density at radius 3 is 2.83 bits per heavy atom. The highest BCUT2D eigenvalue weighted by Gasteiger charge is 2.32. The second kappa shape index (κ2) is 7.76. The van der Waals surface area contributed by atoms with Gasteiger partial charge >= 0.3 is 0 Å². The first-order valence-corrected chi connectivity index (χ1v) is 9.17. The Morgan fingerprint density at radius 2 is 2.00 bits per heavy atom. The number of fused-ring (bicyclic) bond motifs is 1. The summed E-state index contributed by atoms with van der Waals surface area (Å²) in [6.07, 6.45) is 10.8. The number of rotatable bonds is 6. The van der Waals surface area contributed by atoms with Gasteiger partial charge in [-0.05, 0) is 57.7 Å². The summed E-state index contributed by atoms with van der Waals surface area (Å²) >= 11 is 1.98. The molecular formula is C15H30N2S. The Morgan fingerprint density at radius 1 is 1.11 bits per heavy atom. The maximum atomic E-state index is 2.76. The lowest BCUT2D eigenvalue weighted by molar-refractivity contribution is 0.0147. The molecule has 2 aliphatic heterocycles. The number of hydrogen-bond acceptors (Lipinski definition) is 3. The van der Waals surface area contributed by atoms with E-state index in [4.69, 9.17) is 0 Å². The Balaban J connectivity index is 1.68. The molecule has 2 atom stereocenters. The fourth-order valence-electron chi connectivity index (χ4n) is 3.46. The van der Waals surface area contributed by atoms with Gasteiger partial charge in [-0.25, -0.2) is 0 Å². The van der Waals surface area contributed by atoms with Crippen LogP contribution >= 0.6 is 11.8 Å². The third-order valence-electron chi connectivity index (χ3n) is 4.61. The van der Waals surface area contributed by atoms with E-state index >= 15 is 0 Å². The van der Waals surface area contributed by atoms with E-state index in [1.54, 1.807) is 0 Å². The number of unbranched alkanes of at least 4 members (excludes halogenated alkanes) is 2. The van der Waals surface area contributed by atoms with Crippen molar-refractivity contribution in [1.82, 2.24) is 9.80 Å². The van der Waals surface area contributed by atoms with Crippen LogP contribution in [0, 0.1) is 0 Å². The second-order valence-electron chi connectivity index (χ2n) is 6.04. The van der Waals surface area contributed by atoms with Crippen molar-refractivity contribution in [2.75, 3.05) is 38.2 Å². The Kier molecular flexibility index (Phi) is 6.33. The molecular weight excluding hydrogens is 240 g/mol. The largest absolute Gasteiger partial charge is 0.298 e. The van der Waals surface area contributed by atoms with E-state index in [2.05, 4.69) is 23.0 Å². The zero-order valence-corrected chi connectivity index (χ0v) is 13.1. The summed E-state index contributed by atoms with van der Waals surface area (Å²) in [5, 5.41) is 0. The third-order valence-corrected chi connectivity index (χ3v) is 5.31. The van der Waals surface area contributed by atoms with Crippen LogP contribution in [0.25, 0.3) is 0 Å². The third kappa shape index (κ3) is 4.14. The van der Waals surface area contributed by atoms with E-state index in [9.17, 15) is 0 Å². The van der Waals surface area contributed by atoms with Gasteiger partial charge in [0.2, 0.25) is 0 Å². The van der Waals surface area contributed by atoms with Crippen LogP contribution in [0.4, 0.5) is 0 Å². The van der Waals surface area contributed by atoms with Gasteiger partial charge in [-0.1, -0.05) is 12.8 Å². The summed E-state index contributed by atoms with van der Waals surface area (Å²) in [6.45, 7) is 7.77. The fourth-order valence-corrected chi connectivity index (χ4v) is 3.96. The Labute approximate surface area is 117 Å². The van der Waals surface area contributed by atoms with E-state index in [1.807, 2.05) is 11.8 Å². The van der Waals surface area contributed by atoms with Crippen molar-refractivity contribution >= 4 is 11.8 Å². The van der Waals surface area contributed by atoms with Crippen LogP contribution in [-0.4, -0.2) is 60.1 Å². The van der Waals surface area contributed by atoms with Crippen LogP contribution in [0.2, 0.25) is 0 Å². The summed E-state index contributed by atoms with van der Waals surface area (Å²) in [5.74, 6) is 1.34. The van der Waals surface area contributed by atoms with Crippen LogP contribution in [-0.2, 0) is 0 Å². The molecule has 0 amide bonds. The highest BCUT2D eigenvalue weighted by atomic mass is 32.2. The number of thioether (sulfide) groups is 1. The van der Waals surface area contributed by atoms with E-state index in [0.29, 0.717) is 0 Å². The number of piperazine rings is 1. The smallest absolute Gasteiger partial charge is 0.0223 e. The highest BCUT2D eigenvalue weighted by Crippen LogP contribution is 2.24. The van der Waals surface area contributed by atoms with Crippen LogP contribution in [0.15, 0.2) is 0 Å². The van der Waals surface area contributed by atoms with E-state index in [1.165, 1.54) is 70.5 Å². The summed E-state index contributed by atoms with van der Waals surface area (Å²) in [5.41, 5.74) is 0. The molecule has 2 rings (SSSR count). The molecule has 2 unspecified atom stereocenters. The van der Waals surface area contributed by atoms with Crippen LogP contribution < -0.4 is 0 Å². The van der Waals surface area contributed by atoms with Gasteiger partial charge in [0.1, 0.15) is 0 Å². The average molecular weight is 270 g/mol. The predicted molar refractivity (Wildman–Crippen MR) is 82.5 cm³/mol. The van der Waals surface area contributed by atoms with Gasteiger partial charge in [-0.2, -0.15) is 11.8 Å². The zero-order valence-electron chi connectivity index (χ0n) is 12.2. The fraction of sp³-hybridized carbons (Fsp3) is 1.00. The summed E-state index contributed by atoms with van der Waals surface area (Å²) in [4.78, 5) is 5.50. The lowest BCUT2D eigenvalue weighted by Gasteiger charge is -2.47. The van der Waals surface area contributed by atoms with Gasteiger partial charge in [-0.15, -0.1) is 0 Å². The van der Waals surface area contributed by atoms with Gasteiger partial charge in [0.25, 0.3) is 0 Å². The lowest BCUT2D eigenvalue weighted by Crippen LogP contribution is -2.58. The summed E-state index contributed by atoms with van der Waals surface area (Å²) in [7, 11) is 0. The minimum atomic E-state index is 0.778. The first kappa shape index (κ1) is 14.7. The van der Waals surface area contributed by atoms with E-state index < -0.39 is 0 Å². The molecule has 0 aromatic heterocycles. The summed E-state index contributed by atoms with van der Waals surface area (Å²) in [6, 6.07) is 1.65. The molecule has 3 heteroatoms. The molecule has 0 saturated carbocycles. The quantitative estimate of drug-likeness (QED) is 0.685. The monoisotopic (exact) mass is 270 g/mol. The molecule has 2 heterocycles. The molecule has 2 nitrogen and oxygen atoms in total. The molecule has 0 aliphatic carbocycles. The second-order valence-corrected chi connectivity index (χ2v) is 7.03. The average Bonchev–Trinajstić information content (AvgIpc) is 2.39. The van der Waals surface area contributed by atoms with Crippen LogP contribution in [0.5, 0.6) is 0 Å². The number of nitrogens with zero attached hydrogens (tertiary/aromatic N) is 2. The van der Waals surface area contributed by atoms with Gasteiger partial charge in [0.05, 0.1) is 0 Å². The minimum absolute atomic E-state index is 0.778. The topological polar surface area (TPSA) is 6.48 Å². The van der Waals surface area contributed by atoms with E-state index in [-0.39, 0.29) is 0 Å². The number of hydrogen-bond donors (Lipinski definition) is 0. The van der Waals surface area contributed by atoms with Gasteiger partial charge in [0, 0.05) is 25.2 Å². The molecule has 0 aromatic carbocycles. The predicted octanol–water partition coefficient (Wildman–Crippen LogP) is 3.08. The first-order chi connectivity index (χ1) is 8.81. The molecule has 18 heavy (non-hydrogen) atoms. The van der Waals surface area contributed by atoms with Crippen LogP contribution in [0.3, 0.4) is 0 Å². The normalized spacial score (nSPS) is 30.3. The van der Waals surface area contributed by atoms with Crippen molar-refractivity contribution < 1.29 is 0 Å². The van der Waals surface area contributed by atoms with Crippen molar-refractivity contribution in [2.24, 2.45) is 0 Å². The van der Waals surface area contributed by atoms with Gasteiger partial charge in [-0.3, -0.25) is 9.80 Å². The van der Waals surface area contributed by atoms with Gasteiger partial charge < -0.3 is 0 Å². The molecule has 2 aliphatic rings. The van der Waals surface area contributed by atoms with Crippen molar-refractivity contribution in [1.29, 1.82) is 0 Å². The van der Waals surface area contributed by atoms with E-state index in [0.717, 1.165) is 12.1 Å².